The molecule has 2 aliphatic rings. The summed E-state index contributed by atoms with van der Waals surface area (Å²) >= 11 is 12.7. The van der Waals surface area contributed by atoms with Crippen LogP contribution in [-0.2, 0) is 14.8 Å². The number of benzene rings is 2. The number of hydrogen-bond donors (Lipinski definition) is 2. The van der Waals surface area contributed by atoms with Crippen LogP contribution in [0.25, 0.3) is 0 Å². The number of anilines is 2. The van der Waals surface area contributed by atoms with E-state index in [9.17, 15) is 8.42 Å². The molecule has 2 saturated heterocycles. The van der Waals surface area contributed by atoms with Gasteiger partial charge in [-0.05, 0) is 44.4 Å². The van der Waals surface area contributed by atoms with Crippen molar-refractivity contribution in [2.75, 3.05) is 56.4 Å². The molecular weight excluding hydrogens is 663 g/mol. The van der Waals surface area contributed by atoms with Gasteiger partial charge in [-0.1, -0.05) is 23.2 Å². The van der Waals surface area contributed by atoms with Crippen LogP contribution in [0.4, 0.5) is 20.2 Å². The van der Waals surface area contributed by atoms with Crippen LogP contribution in [-0.4, -0.2) is 75.8 Å². The van der Waals surface area contributed by atoms with Gasteiger partial charge in [0.15, 0.2) is 11.5 Å². The summed E-state index contributed by atoms with van der Waals surface area (Å²) in [6.45, 7) is 2.78. The highest BCUT2D eigenvalue weighted by Crippen LogP contribution is 2.40. The number of methoxy groups -OCH3 is 1. The zero-order valence-electron chi connectivity index (χ0n) is 25.6. The number of hydrogen-bond acceptors (Lipinski definition) is 9. The predicted molar refractivity (Wildman–Crippen MR) is 174 cm³/mol. The maximum atomic E-state index is 15.6. The maximum Gasteiger partial charge on any atom is 0.211 e. The molecule has 0 bridgehead atoms. The van der Waals surface area contributed by atoms with E-state index in [0.29, 0.717) is 33.7 Å². The topological polar surface area (TPSA) is 117 Å². The summed E-state index contributed by atoms with van der Waals surface area (Å²) in [7, 11) is -1.93. The first-order valence-corrected chi connectivity index (χ1v) is 17.3. The zero-order valence-corrected chi connectivity index (χ0v) is 27.9. The standard InChI is InChI=1S/C31H35Cl2F2N5O5S/c1-18(29-21(32)16-37-17-22(29)33)45-27-14-20(25(15-26(27)43-2)38-28-6-4-5-11-44-28)30(36)19-12-23(34)31(24(35)13-19)39-7-9-40(10-8-39)46(3,41)42/h12-18,28,36,38H,4-11H2,1-3H3/t18-,28?/m1/s1. The Morgan fingerprint density at radius 3 is 2.28 bits per heavy atom. The molecule has 15 heteroatoms. The van der Waals surface area contributed by atoms with Crippen LogP contribution >= 0.6 is 23.2 Å². The third-order valence-electron chi connectivity index (χ3n) is 8.00. The van der Waals surface area contributed by atoms with Crippen molar-refractivity contribution < 1.29 is 31.4 Å². The monoisotopic (exact) mass is 697 g/mol. The Bertz CT molecular complexity index is 1670. The highest BCUT2D eigenvalue weighted by Gasteiger charge is 2.28. The summed E-state index contributed by atoms with van der Waals surface area (Å²) < 4.78 is 74.0. The van der Waals surface area contributed by atoms with Crippen LogP contribution in [0.5, 0.6) is 11.5 Å². The van der Waals surface area contributed by atoms with E-state index in [1.54, 1.807) is 19.1 Å². The Kier molecular flexibility index (Phi) is 10.6. The van der Waals surface area contributed by atoms with Crippen molar-refractivity contribution in [2.24, 2.45) is 0 Å². The van der Waals surface area contributed by atoms with Gasteiger partial charge in [-0.3, -0.25) is 10.4 Å². The summed E-state index contributed by atoms with van der Waals surface area (Å²) in [5.41, 5.74) is 0.799. The SMILES string of the molecule is COc1cc(NC2CCCCO2)c(C(=N)c2cc(F)c(N3CCN(S(C)(=O)=O)CC3)c(F)c2)cc1O[C@H](C)c1c(Cl)cncc1Cl. The molecule has 1 unspecified atom stereocenters. The first kappa shape index (κ1) is 34.1. The fourth-order valence-electron chi connectivity index (χ4n) is 5.64. The van der Waals surface area contributed by atoms with Gasteiger partial charge >= 0.3 is 0 Å². The fraction of sp³-hybridized carbons (Fsp3) is 0.419. The van der Waals surface area contributed by atoms with Gasteiger partial charge in [0.05, 0.1) is 29.1 Å². The Hall–Kier alpha value is -3.23. The lowest BCUT2D eigenvalue weighted by Crippen LogP contribution is -2.48. The average Bonchev–Trinajstić information content (AvgIpc) is 3.01. The third-order valence-corrected chi connectivity index (χ3v) is 9.90. The van der Waals surface area contributed by atoms with Gasteiger partial charge in [0.2, 0.25) is 10.0 Å². The van der Waals surface area contributed by atoms with Crippen molar-refractivity contribution in [1.29, 1.82) is 5.41 Å². The predicted octanol–water partition coefficient (Wildman–Crippen LogP) is 6.25. The fourth-order valence-corrected chi connectivity index (χ4v) is 7.13. The van der Waals surface area contributed by atoms with Gasteiger partial charge in [-0.15, -0.1) is 0 Å². The molecular formula is C31H35Cl2F2N5O5S. The highest BCUT2D eigenvalue weighted by atomic mass is 35.5. The number of piperazine rings is 1. The van der Waals surface area contributed by atoms with Crippen LogP contribution in [0.1, 0.15) is 49.0 Å². The Balaban J connectivity index is 1.50. The van der Waals surface area contributed by atoms with Crippen molar-refractivity contribution >= 4 is 50.3 Å². The van der Waals surface area contributed by atoms with Crippen LogP contribution < -0.4 is 19.7 Å². The minimum Gasteiger partial charge on any atom is -0.493 e. The molecule has 2 aromatic carbocycles. The van der Waals surface area contributed by atoms with Gasteiger partial charge in [0.1, 0.15) is 29.7 Å². The molecule has 10 nitrogen and oxygen atoms in total. The Morgan fingerprint density at radius 1 is 1.07 bits per heavy atom. The molecule has 3 heterocycles. The number of pyridine rings is 1. The number of nitrogens with one attached hydrogen (secondary N) is 2. The lowest BCUT2D eigenvalue weighted by molar-refractivity contribution is 0.0343. The normalized spacial score (nSPS) is 18.2. The van der Waals surface area contributed by atoms with Gasteiger partial charge in [0.25, 0.3) is 0 Å². The van der Waals surface area contributed by atoms with E-state index in [4.69, 9.17) is 42.8 Å². The highest BCUT2D eigenvalue weighted by molar-refractivity contribution is 7.88. The molecule has 0 amide bonds. The first-order chi connectivity index (χ1) is 21.9. The number of rotatable bonds is 10. The number of nitrogens with zero attached hydrogens (tertiary/aromatic N) is 3. The minimum atomic E-state index is -3.41. The number of sulfonamides is 1. The second-order valence-electron chi connectivity index (χ2n) is 11.1. The van der Waals surface area contributed by atoms with E-state index in [1.165, 1.54) is 28.7 Å². The van der Waals surface area contributed by atoms with E-state index in [0.717, 1.165) is 37.7 Å². The van der Waals surface area contributed by atoms with Crippen LogP contribution in [0.3, 0.4) is 0 Å². The van der Waals surface area contributed by atoms with E-state index in [-0.39, 0.29) is 60.7 Å². The molecule has 2 aliphatic heterocycles. The molecule has 248 valence electrons. The van der Waals surface area contributed by atoms with Crippen molar-refractivity contribution in [3.05, 3.63) is 75.0 Å². The third kappa shape index (κ3) is 7.49. The van der Waals surface area contributed by atoms with Crippen LogP contribution in [0, 0.1) is 17.0 Å². The molecule has 0 spiro atoms. The molecule has 2 fully saturated rings. The molecule has 3 aromatic rings. The van der Waals surface area contributed by atoms with Gasteiger partial charge < -0.3 is 24.4 Å². The second kappa shape index (κ2) is 14.3. The Labute approximate surface area is 277 Å². The first-order valence-electron chi connectivity index (χ1n) is 14.7. The molecule has 1 aromatic heterocycles. The quantitative estimate of drug-likeness (QED) is 0.239. The van der Waals surface area contributed by atoms with Crippen molar-refractivity contribution in [3.63, 3.8) is 0 Å². The van der Waals surface area contributed by atoms with E-state index >= 15 is 8.78 Å². The summed E-state index contributed by atoms with van der Waals surface area (Å²) in [5, 5.41) is 13.1. The summed E-state index contributed by atoms with van der Waals surface area (Å²) in [4.78, 5) is 5.46. The number of aromatic nitrogens is 1. The number of ether oxygens (including phenoxy) is 3. The van der Waals surface area contributed by atoms with Gasteiger partial charge in [0, 0.05) is 73.6 Å². The minimum absolute atomic E-state index is 0.00878. The molecule has 0 saturated carbocycles. The largest absolute Gasteiger partial charge is 0.493 e. The molecule has 5 rings (SSSR count). The average molecular weight is 699 g/mol. The van der Waals surface area contributed by atoms with Crippen LogP contribution in [0.2, 0.25) is 10.0 Å². The lowest BCUT2D eigenvalue weighted by Gasteiger charge is -2.35. The number of halogens is 4. The zero-order chi connectivity index (χ0) is 33.2. The summed E-state index contributed by atoms with van der Waals surface area (Å²) in [5.74, 6) is -1.14. The molecule has 2 atom stereocenters. The van der Waals surface area contributed by atoms with E-state index in [1.807, 2.05) is 0 Å². The van der Waals surface area contributed by atoms with Crippen molar-refractivity contribution in [1.82, 2.24) is 9.29 Å². The molecule has 46 heavy (non-hydrogen) atoms. The van der Waals surface area contributed by atoms with E-state index in [2.05, 4.69) is 10.3 Å². The van der Waals surface area contributed by atoms with Crippen molar-refractivity contribution in [2.45, 2.75) is 38.5 Å². The van der Waals surface area contributed by atoms with Gasteiger partial charge in [-0.2, -0.15) is 4.31 Å². The van der Waals surface area contributed by atoms with Gasteiger partial charge in [-0.25, -0.2) is 17.2 Å². The lowest BCUT2D eigenvalue weighted by atomic mass is 9.98. The summed E-state index contributed by atoms with van der Waals surface area (Å²) in [6.07, 6.45) is 5.63. The molecule has 0 aliphatic carbocycles. The van der Waals surface area contributed by atoms with Crippen LogP contribution in [0.15, 0.2) is 36.7 Å². The molecule has 2 N–H and O–H groups in total. The maximum absolute atomic E-state index is 15.6. The van der Waals surface area contributed by atoms with Crippen molar-refractivity contribution in [3.8, 4) is 11.5 Å². The Morgan fingerprint density at radius 2 is 1.72 bits per heavy atom. The smallest absolute Gasteiger partial charge is 0.211 e. The van der Waals surface area contributed by atoms with E-state index < -0.39 is 27.8 Å². The second-order valence-corrected chi connectivity index (χ2v) is 13.9. The summed E-state index contributed by atoms with van der Waals surface area (Å²) in [6, 6.07) is 5.44. The molecule has 0 radical (unpaired) electrons.